The zero-order valence-electron chi connectivity index (χ0n) is 21.8. The first-order chi connectivity index (χ1) is 16.8. The van der Waals surface area contributed by atoms with Gasteiger partial charge in [0, 0.05) is 12.6 Å². The molecule has 3 rings (SSSR count). The number of carbonyl (C=O) groups is 1. The summed E-state index contributed by atoms with van der Waals surface area (Å²) in [7, 11) is 10.3. The van der Waals surface area contributed by atoms with Crippen LogP contribution in [0, 0.1) is 6.92 Å². The molecule has 1 heterocycles. The minimum absolute atomic E-state index is 0. The van der Waals surface area contributed by atoms with Crippen LogP contribution in [-0.2, 0) is 4.79 Å². The first-order valence-electron chi connectivity index (χ1n) is 11.2. The molecule has 0 saturated heterocycles. The van der Waals surface area contributed by atoms with Gasteiger partial charge in [-0.05, 0) is 69.4 Å². The highest BCUT2D eigenvalue weighted by Gasteiger charge is 2.20. The van der Waals surface area contributed by atoms with Gasteiger partial charge in [0.1, 0.15) is 11.3 Å². The first kappa shape index (κ1) is 29.2. The van der Waals surface area contributed by atoms with Crippen LogP contribution in [0.1, 0.15) is 17.5 Å². The molecule has 0 aliphatic rings. The van der Waals surface area contributed by atoms with Crippen molar-refractivity contribution in [1.29, 1.82) is 0 Å². The second kappa shape index (κ2) is 13.3. The number of fused-ring (bicyclic) bond motifs is 1. The average molecular weight is 536 g/mol. The molecule has 0 aliphatic heterocycles. The van der Waals surface area contributed by atoms with Crippen LogP contribution in [0.2, 0.25) is 0 Å². The molecule has 0 aliphatic carbocycles. The summed E-state index contributed by atoms with van der Waals surface area (Å²) in [6, 6.07) is 7.51. The van der Waals surface area contributed by atoms with E-state index in [0.29, 0.717) is 34.7 Å². The molecular formula is C26H34ClN3O5S. The molecule has 10 heteroatoms. The molecule has 1 aromatic heterocycles. The lowest BCUT2D eigenvalue weighted by molar-refractivity contribution is -0.114. The van der Waals surface area contributed by atoms with Crippen LogP contribution in [0.3, 0.4) is 0 Å². The third-order valence-electron chi connectivity index (χ3n) is 5.50. The third kappa shape index (κ3) is 6.60. The van der Waals surface area contributed by atoms with E-state index in [-0.39, 0.29) is 18.3 Å². The topological polar surface area (TPSA) is 73.4 Å². The van der Waals surface area contributed by atoms with Crippen molar-refractivity contribution in [3.63, 3.8) is 0 Å². The van der Waals surface area contributed by atoms with E-state index < -0.39 is 0 Å². The van der Waals surface area contributed by atoms with E-state index in [2.05, 4.69) is 4.90 Å². The van der Waals surface area contributed by atoms with E-state index in [0.717, 1.165) is 34.3 Å². The molecule has 2 aromatic carbocycles. The summed E-state index contributed by atoms with van der Waals surface area (Å²) < 4.78 is 22.8. The van der Waals surface area contributed by atoms with E-state index in [1.54, 1.807) is 57.6 Å². The zero-order valence-corrected chi connectivity index (χ0v) is 23.4. The Morgan fingerprint density at radius 3 is 2.17 bits per heavy atom. The fraction of sp³-hybridized carbons (Fsp3) is 0.385. The molecule has 0 saturated carbocycles. The van der Waals surface area contributed by atoms with Gasteiger partial charge in [-0.15, -0.1) is 12.4 Å². The summed E-state index contributed by atoms with van der Waals surface area (Å²) in [6.45, 7) is 3.43. The Morgan fingerprint density at radius 1 is 0.972 bits per heavy atom. The van der Waals surface area contributed by atoms with Crippen molar-refractivity contribution in [2.45, 2.75) is 13.3 Å². The van der Waals surface area contributed by atoms with Gasteiger partial charge in [-0.2, -0.15) is 0 Å². The van der Waals surface area contributed by atoms with Crippen molar-refractivity contribution in [1.82, 2.24) is 9.88 Å². The first-order valence-corrected chi connectivity index (χ1v) is 12.0. The predicted octanol–water partition coefficient (Wildman–Crippen LogP) is 5.06. The molecule has 0 bridgehead atoms. The van der Waals surface area contributed by atoms with Gasteiger partial charge in [0.25, 0.3) is 5.91 Å². The molecule has 0 N–H and O–H groups in total. The van der Waals surface area contributed by atoms with Crippen LogP contribution in [0.25, 0.3) is 16.3 Å². The van der Waals surface area contributed by atoms with Crippen LogP contribution in [0.15, 0.2) is 30.3 Å². The van der Waals surface area contributed by atoms with Gasteiger partial charge >= 0.3 is 0 Å². The molecule has 0 fully saturated rings. The maximum atomic E-state index is 13.4. The Balaban J connectivity index is 0.00000456. The molecule has 196 valence electrons. The van der Waals surface area contributed by atoms with Crippen molar-refractivity contribution < 1.29 is 23.7 Å². The SMILES string of the molecule is COc1cc(C=CC(=O)N(CCCN(C)C)c2nc3c(OC)ccc(C)c3s2)cc(OC)c1OC.Cl. The Hall–Kier alpha value is -3.01. The monoisotopic (exact) mass is 535 g/mol. The minimum atomic E-state index is -0.159. The highest BCUT2D eigenvalue weighted by atomic mass is 35.5. The zero-order chi connectivity index (χ0) is 25.5. The normalized spacial score (nSPS) is 11.0. The van der Waals surface area contributed by atoms with Gasteiger partial charge in [0.2, 0.25) is 5.75 Å². The Bertz CT molecular complexity index is 1190. The van der Waals surface area contributed by atoms with Crippen molar-refractivity contribution in [2.75, 3.05) is 60.5 Å². The van der Waals surface area contributed by atoms with Crippen LogP contribution >= 0.6 is 23.7 Å². The largest absolute Gasteiger partial charge is 0.494 e. The number of hydrogen-bond donors (Lipinski definition) is 0. The maximum Gasteiger partial charge on any atom is 0.252 e. The molecule has 1 amide bonds. The van der Waals surface area contributed by atoms with Crippen molar-refractivity contribution >= 4 is 51.1 Å². The lowest BCUT2D eigenvalue weighted by Gasteiger charge is -2.19. The lowest BCUT2D eigenvalue weighted by Crippen LogP contribution is -2.32. The third-order valence-corrected chi connectivity index (χ3v) is 6.72. The number of thiazole rings is 1. The van der Waals surface area contributed by atoms with Crippen LogP contribution in [-0.4, -0.2) is 71.4 Å². The summed E-state index contributed by atoms with van der Waals surface area (Å²) >= 11 is 1.50. The number of methoxy groups -OCH3 is 4. The minimum Gasteiger partial charge on any atom is -0.494 e. The molecule has 0 unspecified atom stereocenters. The van der Waals surface area contributed by atoms with Crippen LogP contribution in [0.4, 0.5) is 5.13 Å². The lowest BCUT2D eigenvalue weighted by atomic mass is 10.1. The van der Waals surface area contributed by atoms with Crippen LogP contribution < -0.4 is 23.8 Å². The Kier molecular flexibility index (Phi) is 10.8. The Morgan fingerprint density at radius 2 is 1.61 bits per heavy atom. The maximum absolute atomic E-state index is 13.4. The molecule has 0 atom stereocenters. The highest BCUT2D eigenvalue weighted by molar-refractivity contribution is 7.22. The van der Waals surface area contributed by atoms with E-state index in [9.17, 15) is 4.79 Å². The second-order valence-corrected chi connectivity index (χ2v) is 9.18. The van der Waals surface area contributed by atoms with Crippen LogP contribution in [0.5, 0.6) is 23.0 Å². The smallest absolute Gasteiger partial charge is 0.252 e. The summed E-state index contributed by atoms with van der Waals surface area (Å²) in [4.78, 5) is 22.0. The number of anilines is 1. The van der Waals surface area contributed by atoms with Gasteiger partial charge in [-0.25, -0.2) is 4.98 Å². The second-order valence-electron chi connectivity index (χ2n) is 8.20. The summed E-state index contributed by atoms with van der Waals surface area (Å²) in [5, 5.41) is 0.644. The average Bonchev–Trinajstić information content (AvgIpc) is 3.30. The summed E-state index contributed by atoms with van der Waals surface area (Å²) in [5.74, 6) is 2.09. The molecular weight excluding hydrogens is 502 g/mol. The van der Waals surface area contributed by atoms with E-state index in [1.807, 2.05) is 33.2 Å². The number of amides is 1. The Labute approximate surface area is 222 Å². The number of ether oxygens (including phenoxy) is 4. The quantitative estimate of drug-likeness (QED) is 0.318. The summed E-state index contributed by atoms with van der Waals surface area (Å²) in [6.07, 6.45) is 4.10. The summed E-state index contributed by atoms with van der Waals surface area (Å²) in [5.41, 5.74) is 2.62. The number of aromatic nitrogens is 1. The molecule has 36 heavy (non-hydrogen) atoms. The number of aryl methyl sites for hydroxylation is 1. The van der Waals surface area contributed by atoms with Crippen molar-refractivity contribution in [3.8, 4) is 23.0 Å². The molecule has 0 spiro atoms. The van der Waals surface area contributed by atoms with Gasteiger partial charge in [0.15, 0.2) is 16.6 Å². The number of benzene rings is 2. The number of rotatable bonds is 11. The highest BCUT2D eigenvalue weighted by Crippen LogP contribution is 2.39. The number of hydrogen-bond acceptors (Lipinski definition) is 8. The van der Waals surface area contributed by atoms with Gasteiger partial charge in [-0.3, -0.25) is 9.69 Å². The van der Waals surface area contributed by atoms with Gasteiger partial charge in [-0.1, -0.05) is 17.4 Å². The van der Waals surface area contributed by atoms with Gasteiger partial charge in [0.05, 0.1) is 33.1 Å². The van der Waals surface area contributed by atoms with Crippen molar-refractivity contribution in [3.05, 3.63) is 41.5 Å². The number of carbonyl (C=O) groups excluding carboxylic acids is 1. The number of nitrogens with zero attached hydrogens (tertiary/aromatic N) is 3. The van der Waals surface area contributed by atoms with Crippen molar-refractivity contribution in [2.24, 2.45) is 0 Å². The molecule has 8 nitrogen and oxygen atoms in total. The van der Waals surface area contributed by atoms with E-state index in [4.69, 9.17) is 23.9 Å². The molecule has 3 aromatic rings. The van der Waals surface area contributed by atoms with Gasteiger partial charge < -0.3 is 23.8 Å². The molecule has 0 radical (unpaired) electrons. The fourth-order valence-electron chi connectivity index (χ4n) is 3.68. The van der Waals surface area contributed by atoms with E-state index in [1.165, 1.54) is 11.3 Å². The predicted molar refractivity (Wildman–Crippen MR) is 149 cm³/mol. The number of halogens is 1. The van der Waals surface area contributed by atoms with E-state index >= 15 is 0 Å². The fourth-order valence-corrected chi connectivity index (χ4v) is 4.76. The standard InChI is InChI=1S/C26H33N3O5S.ClH/c1-17-9-11-19(31-4)23-25(17)35-26(27-23)29(14-8-13-28(2)3)22(30)12-10-18-15-20(32-5)24(34-7)21(16-18)33-6;/h9-12,15-16H,8,13-14H2,1-7H3;1H.